The molecule has 1 rings (SSSR count). The molecule has 0 saturated heterocycles. The average molecular weight is 297 g/mol. The highest BCUT2D eigenvalue weighted by molar-refractivity contribution is 7.98. The molecule has 0 saturated carbocycles. The maximum atomic E-state index is 11.1. The number of para-hydroxylation sites is 1. The van der Waals surface area contributed by atoms with Crippen LogP contribution in [0.4, 0.5) is 11.4 Å². The molecule has 112 valence electrons. The van der Waals surface area contributed by atoms with Crippen LogP contribution in [0.5, 0.6) is 0 Å². The van der Waals surface area contributed by atoms with Crippen LogP contribution in [0.25, 0.3) is 0 Å². The molecule has 0 aliphatic heterocycles. The van der Waals surface area contributed by atoms with Gasteiger partial charge in [0.25, 0.3) is 5.69 Å². The van der Waals surface area contributed by atoms with Gasteiger partial charge in [-0.25, -0.2) is 0 Å². The van der Waals surface area contributed by atoms with E-state index in [9.17, 15) is 10.1 Å². The quantitative estimate of drug-likeness (QED) is 0.560. The Bertz CT molecular complexity index is 440. The third-order valence-corrected chi connectivity index (χ3v) is 3.59. The molecule has 0 aromatic heterocycles. The molecule has 0 radical (unpaired) electrons. The van der Waals surface area contributed by atoms with E-state index >= 15 is 0 Å². The number of rotatable bonds is 9. The number of anilines is 1. The van der Waals surface area contributed by atoms with Gasteiger partial charge in [-0.1, -0.05) is 19.1 Å². The lowest BCUT2D eigenvalue weighted by Gasteiger charge is -2.19. The normalized spacial score (nSPS) is 10.8. The minimum absolute atomic E-state index is 0.161. The van der Waals surface area contributed by atoms with Gasteiger partial charge in [-0.3, -0.25) is 10.1 Å². The Hall–Kier alpha value is -1.27. The van der Waals surface area contributed by atoms with E-state index in [2.05, 4.69) is 16.5 Å². The summed E-state index contributed by atoms with van der Waals surface area (Å²) < 4.78 is 0. The van der Waals surface area contributed by atoms with E-state index in [-0.39, 0.29) is 10.6 Å². The van der Waals surface area contributed by atoms with Crippen molar-refractivity contribution in [3.63, 3.8) is 0 Å². The Morgan fingerprint density at radius 3 is 2.80 bits per heavy atom. The molecule has 0 amide bonds. The Morgan fingerprint density at radius 1 is 1.45 bits per heavy atom. The molecule has 5 nitrogen and oxygen atoms in total. The predicted octanol–water partition coefficient (Wildman–Crippen LogP) is 3.21. The van der Waals surface area contributed by atoms with Crippen molar-refractivity contribution in [3.8, 4) is 0 Å². The molecule has 0 spiro atoms. The number of nitro groups is 1. The maximum Gasteiger partial charge on any atom is 0.292 e. The van der Waals surface area contributed by atoms with Crippen molar-refractivity contribution < 1.29 is 4.92 Å². The molecule has 6 heteroatoms. The smallest absolute Gasteiger partial charge is 0.292 e. The summed E-state index contributed by atoms with van der Waals surface area (Å²) in [5.74, 6) is 1.06. The Labute approximate surface area is 124 Å². The summed E-state index contributed by atoms with van der Waals surface area (Å²) in [6, 6.07) is 5.27. The first kappa shape index (κ1) is 16.8. The van der Waals surface area contributed by atoms with Crippen LogP contribution in [0.15, 0.2) is 18.2 Å². The summed E-state index contributed by atoms with van der Waals surface area (Å²) in [7, 11) is 2.04. The lowest BCUT2D eigenvalue weighted by atomic mass is 10.1. The van der Waals surface area contributed by atoms with Crippen molar-refractivity contribution in [2.75, 3.05) is 37.5 Å². The minimum atomic E-state index is -0.316. The van der Waals surface area contributed by atoms with E-state index in [1.54, 1.807) is 23.9 Å². The summed E-state index contributed by atoms with van der Waals surface area (Å²) >= 11 is 1.80. The fraction of sp³-hybridized carbons (Fsp3) is 0.571. The lowest BCUT2D eigenvalue weighted by molar-refractivity contribution is -0.384. The fourth-order valence-corrected chi connectivity index (χ4v) is 2.44. The second-order valence-corrected chi connectivity index (χ2v) is 5.71. The largest absolute Gasteiger partial charge is 0.379 e. The van der Waals surface area contributed by atoms with E-state index in [1.807, 2.05) is 20.0 Å². The predicted molar refractivity (Wildman–Crippen MR) is 86.6 cm³/mol. The third kappa shape index (κ3) is 5.02. The van der Waals surface area contributed by atoms with Crippen molar-refractivity contribution in [1.29, 1.82) is 0 Å². The standard InChI is InChI=1S/C14H23N3O2S/c1-4-8-15-14-12(11-16(2)9-10-20-3)6-5-7-13(14)17(18)19/h5-7,15H,4,8-11H2,1-3H3. The van der Waals surface area contributed by atoms with Gasteiger partial charge in [0.15, 0.2) is 0 Å². The van der Waals surface area contributed by atoms with Crippen LogP contribution in [0, 0.1) is 10.1 Å². The monoisotopic (exact) mass is 297 g/mol. The molecule has 0 unspecified atom stereocenters. The van der Waals surface area contributed by atoms with Crippen molar-refractivity contribution in [2.45, 2.75) is 19.9 Å². The minimum Gasteiger partial charge on any atom is -0.379 e. The lowest BCUT2D eigenvalue weighted by Crippen LogP contribution is -2.21. The van der Waals surface area contributed by atoms with E-state index in [0.717, 1.165) is 30.8 Å². The van der Waals surface area contributed by atoms with Crippen LogP contribution in [0.1, 0.15) is 18.9 Å². The van der Waals surface area contributed by atoms with Gasteiger partial charge in [-0.05, 0) is 25.3 Å². The van der Waals surface area contributed by atoms with Gasteiger partial charge in [0.05, 0.1) is 4.92 Å². The number of nitrogens with one attached hydrogen (secondary N) is 1. The maximum absolute atomic E-state index is 11.1. The highest BCUT2D eigenvalue weighted by Gasteiger charge is 2.17. The van der Waals surface area contributed by atoms with Gasteiger partial charge in [-0.2, -0.15) is 11.8 Å². The zero-order chi connectivity index (χ0) is 15.0. The van der Waals surface area contributed by atoms with Crippen molar-refractivity contribution in [3.05, 3.63) is 33.9 Å². The van der Waals surface area contributed by atoms with Crippen LogP contribution in [-0.2, 0) is 6.54 Å². The van der Waals surface area contributed by atoms with Crippen molar-refractivity contribution >= 4 is 23.1 Å². The Balaban J connectivity index is 2.92. The molecular formula is C14H23N3O2S. The summed E-state index contributed by atoms with van der Waals surface area (Å²) in [5, 5.41) is 14.3. The second kappa shape index (κ2) is 8.81. The average Bonchev–Trinajstić information content (AvgIpc) is 2.43. The highest BCUT2D eigenvalue weighted by atomic mass is 32.2. The van der Waals surface area contributed by atoms with Gasteiger partial charge < -0.3 is 10.2 Å². The fourth-order valence-electron chi connectivity index (χ4n) is 1.94. The van der Waals surface area contributed by atoms with E-state index < -0.39 is 0 Å². The summed E-state index contributed by atoms with van der Waals surface area (Å²) in [5.41, 5.74) is 1.81. The van der Waals surface area contributed by atoms with Gasteiger partial charge >= 0.3 is 0 Å². The number of thioether (sulfide) groups is 1. The van der Waals surface area contributed by atoms with Gasteiger partial charge in [0, 0.05) is 31.5 Å². The zero-order valence-corrected chi connectivity index (χ0v) is 13.2. The summed E-state index contributed by atoms with van der Waals surface area (Å²) in [4.78, 5) is 13.0. The van der Waals surface area contributed by atoms with Crippen LogP contribution in [0.2, 0.25) is 0 Å². The molecule has 0 bridgehead atoms. The molecule has 20 heavy (non-hydrogen) atoms. The molecule has 1 aromatic carbocycles. The molecule has 1 aromatic rings. The number of nitro benzene ring substituents is 1. The first-order valence-electron chi connectivity index (χ1n) is 6.77. The number of hydrogen-bond acceptors (Lipinski definition) is 5. The molecule has 0 atom stereocenters. The van der Waals surface area contributed by atoms with E-state index in [4.69, 9.17) is 0 Å². The Morgan fingerprint density at radius 2 is 2.20 bits per heavy atom. The van der Waals surface area contributed by atoms with Crippen molar-refractivity contribution in [2.24, 2.45) is 0 Å². The SMILES string of the molecule is CCCNc1c(CN(C)CCSC)cccc1[N+](=O)[O-]. The topological polar surface area (TPSA) is 58.4 Å². The van der Waals surface area contributed by atoms with Gasteiger partial charge in [0.2, 0.25) is 0 Å². The van der Waals surface area contributed by atoms with E-state index in [1.165, 1.54) is 0 Å². The third-order valence-electron chi connectivity index (χ3n) is 2.99. The summed E-state index contributed by atoms with van der Waals surface area (Å²) in [6.07, 6.45) is 3.02. The van der Waals surface area contributed by atoms with Gasteiger partial charge in [-0.15, -0.1) is 0 Å². The van der Waals surface area contributed by atoms with E-state index in [0.29, 0.717) is 12.2 Å². The van der Waals surface area contributed by atoms with Crippen LogP contribution < -0.4 is 5.32 Å². The first-order valence-corrected chi connectivity index (χ1v) is 8.17. The molecular weight excluding hydrogens is 274 g/mol. The first-order chi connectivity index (χ1) is 9.60. The zero-order valence-electron chi connectivity index (χ0n) is 12.4. The molecule has 0 aliphatic rings. The van der Waals surface area contributed by atoms with Gasteiger partial charge in [0.1, 0.15) is 5.69 Å². The van der Waals surface area contributed by atoms with Crippen LogP contribution >= 0.6 is 11.8 Å². The van der Waals surface area contributed by atoms with Crippen LogP contribution in [-0.4, -0.2) is 42.0 Å². The molecule has 0 heterocycles. The number of hydrogen-bond donors (Lipinski definition) is 1. The van der Waals surface area contributed by atoms with Crippen LogP contribution in [0.3, 0.4) is 0 Å². The Kier molecular flexibility index (Phi) is 7.40. The number of nitrogens with zero attached hydrogens (tertiary/aromatic N) is 2. The molecule has 1 N–H and O–H groups in total. The molecule has 0 fully saturated rings. The van der Waals surface area contributed by atoms with Crippen molar-refractivity contribution in [1.82, 2.24) is 4.90 Å². The second-order valence-electron chi connectivity index (χ2n) is 4.73. The highest BCUT2D eigenvalue weighted by Crippen LogP contribution is 2.29. The summed E-state index contributed by atoms with van der Waals surface area (Å²) in [6.45, 7) is 4.48. The molecule has 0 aliphatic carbocycles. The number of benzene rings is 1.